The zero-order valence-electron chi connectivity index (χ0n) is 9.64. The van der Waals surface area contributed by atoms with Crippen LogP contribution in [0.25, 0.3) is 5.69 Å². The summed E-state index contributed by atoms with van der Waals surface area (Å²) in [4.78, 5) is 4.37. The van der Waals surface area contributed by atoms with Gasteiger partial charge < -0.3 is 5.73 Å². The highest BCUT2D eigenvalue weighted by Gasteiger charge is 2.07. The van der Waals surface area contributed by atoms with Crippen molar-refractivity contribution >= 4 is 0 Å². The predicted molar refractivity (Wildman–Crippen MR) is 63.6 cm³/mol. The van der Waals surface area contributed by atoms with Crippen LogP contribution < -0.4 is 5.73 Å². The summed E-state index contributed by atoms with van der Waals surface area (Å²) in [7, 11) is 0. The molecular weight excluding hydrogens is 200 g/mol. The number of aromatic nitrogens is 3. The first-order valence-electron chi connectivity index (χ1n) is 5.40. The molecule has 0 radical (unpaired) electrons. The van der Waals surface area contributed by atoms with Gasteiger partial charge in [0.15, 0.2) is 0 Å². The molecule has 0 atom stereocenters. The number of hydrogen-bond acceptors (Lipinski definition) is 3. The van der Waals surface area contributed by atoms with E-state index in [0.717, 1.165) is 23.8 Å². The predicted octanol–water partition coefficient (Wildman–Crippen LogP) is 1.39. The van der Waals surface area contributed by atoms with E-state index in [4.69, 9.17) is 5.73 Å². The van der Waals surface area contributed by atoms with Gasteiger partial charge in [-0.2, -0.15) is 5.10 Å². The molecule has 0 aliphatic heterocycles. The third kappa shape index (κ3) is 2.12. The van der Waals surface area contributed by atoms with E-state index in [1.54, 1.807) is 0 Å². The monoisotopic (exact) mass is 216 g/mol. The van der Waals surface area contributed by atoms with E-state index >= 15 is 0 Å². The van der Waals surface area contributed by atoms with Crippen molar-refractivity contribution in [3.63, 3.8) is 0 Å². The van der Waals surface area contributed by atoms with E-state index in [-0.39, 0.29) is 0 Å². The van der Waals surface area contributed by atoms with Gasteiger partial charge >= 0.3 is 0 Å². The number of benzene rings is 1. The quantitative estimate of drug-likeness (QED) is 0.843. The Hall–Kier alpha value is -1.68. The van der Waals surface area contributed by atoms with Gasteiger partial charge in [-0.05, 0) is 32.5 Å². The zero-order chi connectivity index (χ0) is 11.5. The Morgan fingerprint density at radius 1 is 1.19 bits per heavy atom. The summed E-state index contributed by atoms with van der Waals surface area (Å²) in [6.07, 6.45) is 0.745. The van der Waals surface area contributed by atoms with Crippen molar-refractivity contribution in [3.05, 3.63) is 41.5 Å². The third-order valence-corrected chi connectivity index (χ3v) is 2.43. The van der Waals surface area contributed by atoms with Crippen molar-refractivity contribution < 1.29 is 0 Å². The molecule has 16 heavy (non-hydrogen) atoms. The zero-order valence-corrected chi connectivity index (χ0v) is 9.64. The average Bonchev–Trinajstić information content (AvgIpc) is 2.61. The van der Waals surface area contributed by atoms with Crippen LogP contribution in [-0.2, 0) is 6.42 Å². The average molecular weight is 216 g/mol. The summed E-state index contributed by atoms with van der Waals surface area (Å²) in [5, 5.41) is 4.38. The van der Waals surface area contributed by atoms with Crippen molar-refractivity contribution in [1.29, 1.82) is 0 Å². The van der Waals surface area contributed by atoms with Crippen LogP contribution in [-0.4, -0.2) is 21.3 Å². The maximum Gasteiger partial charge on any atom is 0.148 e. The molecule has 1 aromatic heterocycles. The Labute approximate surface area is 95.1 Å². The third-order valence-electron chi connectivity index (χ3n) is 2.43. The van der Waals surface area contributed by atoms with E-state index < -0.39 is 0 Å². The van der Waals surface area contributed by atoms with Gasteiger partial charge in [0.25, 0.3) is 0 Å². The molecule has 0 saturated heterocycles. The lowest BCUT2D eigenvalue weighted by molar-refractivity contribution is 0.773. The molecule has 0 saturated carbocycles. The normalized spacial score (nSPS) is 10.7. The van der Waals surface area contributed by atoms with Gasteiger partial charge in [0.2, 0.25) is 0 Å². The van der Waals surface area contributed by atoms with E-state index in [0.29, 0.717) is 6.54 Å². The van der Waals surface area contributed by atoms with Crippen molar-refractivity contribution in [1.82, 2.24) is 14.8 Å². The molecule has 0 aliphatic carbocycles. The summed E-state index contributed by atoms with van der Waals surface area (Å²) in [6, 6.07) is 8.23. The SMILES string of the molecule is Cc1ccc(-n2nc(C)nc2CCN)cc1. The molecule has 0 unspecified atom stereocenters. The Kier molecular flexibility index (Phi) is 3.01. The fourth-order valence-corrected chi connectivity index (χ4v) is 1.64. The van der Waals surface area contributed by atoms with Gasteiger partial charge in [0, 0.05) is 6.42 Å². The summed E-state index contributed by atoms with van der Waals surface area (Å²) in [5.74, 6) is 1.70. The lowest BCUT2D eigenvalue weighted by Crippen LogP contribution is -2.09. The second kappa shape index (κ2) is 4.45. The molecule has 2 aromatic rings. The molecule has 0 amide bonds. The lowest BCUT2D eigenvalue weighted by atomic mass is 10.2. The molecule has 2 N–H and O–H groups in total. The molecule has 4 nitrogen and oxygen atoms in total. The van der Waals surface area contributed by atoms with Gasteiger partial charge in [0.05, 0.1) is 5.69 Å². The van der Waals surface area contributed by atoms with Gasteiger partial charge in [-0.1, -0.05) is 17.7 Å². The first kappa shape index (κ1) is 10.8. The molecule has 0 fully saturated rings. The van der Waals surface area contributed by atoms with Gasteiger partial charge in [-0.3, -0.25) is 0 Å². The lowest BCUT2D eigenvalue weighted by Gasteiger charge is -2.05. The molecule has 0 bridgehead atoms. The summed E-state index contributed by atoms with van der Waals surface area (Å²) < 4.78 is 1.86. The smallest absolute Gasteiger partial charge is 0.148 e. The van der Waals surface area contributed by atoms with Crippen molar-refractivity contribution in [3.8, 4) is 5.69 Å². The van der Waals surface area contributed by atoms with Gasteiger partial charge in [-0.25, -0.2) is 9.67 Å². The van der Waals surface area contributed by atoms with Crippen molar-refractivity contribution in [2.75, 3.05) is 6.54 Å². The topological polar surface area (TPSA) is 56.7 Å². The highest BCUT2D eigenvalue weighted by atomic mass is 15.3. The number of aryl methyl sites for hydroxylation is 2. The molecular formula is C12H16N4. The van der Waals surface area contributed by atoms with Crippen LogP contribution in [0.3, 0.4) is 0 Å². The van der Waals surface area contributed by atoms with E-state index in [9.17, 15) is 0 Å². The maximum absolute atomic E-state index is 5.56. The molecule has 0 spiro atoms. The Morgan fingerprint density at radius 3 is 2.50 bits per heavy atom. The fraction of sp³-hybridized carbons (Fsp3) is 0.333. The summed E-state index contributed by atoms with van der Waals surface area (Å²) in [6.45, 7) is 4.55. The first-order valence-corrected chi connectivity index (χ1v) is 5.40. The van der Waals surface area contributed by atoms with Gasteiger partial charge in [-0.15, -0.1) is 0 Å². The number of hydrogen-bond donors (Lipinski definition) is 1. The van der Waals surface area contributed by atoms with Crippen LogP contribution in [0.1, 0.15) is 17.2 Å². The highest BCUT2D eigenvalue weighted by Crippen LogP contribution is 2.11. The summed E-state index contributed by atoms with van der Waals surface area (Å²) in [5.41, 5.74) is 7.83. The van der Waals surface area contributed by atoms with Gasteiger partial charge in [0.1, 0.15) is 11.6 Å². The Bertz CT molecular complexity index is 470. The number of nitrogens with two attached hydrogens (primary N) is 1. The molecule has 84 valence electrons. The van der Waals surface area contributed by atoms with Crippen molar-refractivity contribution in [2.45, 2.75) is 20.3 Å². The van der Waals surface area contributed by atoms with Crippen molar-refractivity contribution in [2.24, 2.45) is 5.73 Å². The van der Waals surface area contributed by atoms with E-state index in [2.05, 4.69) is 29.1 Å². The van der Waals surface area contributed by atoms with E-state index in [1.807, 2.05) is 23.7 Å². The van der Waals surface area contributed by atoms with Crippen LogP contribution in [0.5, 0.6) is 0 Å². The van der Waals surface area contributed by atoms with Crippen LogP contribution >= 0.6 is 0 Å². The largest absolute Gasteiger partial charge is 0.330 e. The molecule has 1 aromatic carbocycles. The Balaban J connectivity index is 2.42. The Morgan fingerprint density at radius 2 is 1.88 bits per heavy atom. The minimum atomic E-state index is 0.587. The van der Waals surface area contributed by atoms with E-state index in [1.165, 1.54) is 5.56 Å². The van der Waals surface area contributed by atoms with Crippen LogP contribution in [0.2, 0.25) is 0 Å². The molecule has 1 heterocycles. The molecule has 0 aliphatic rings. The second-order valence-electron chi connectivity index (χ2n) is 3.86. The van der Waals surface area contributed by atoms with Crippen LogP contribution in [0, 0.1) is 13.8 Å². The van der Waals surface area contributed by atoms with Crippen LogP contribution in [0.15, 0.2) is 24.3 Å². The molecule has 2 rings (SSSR count). The number of rotatable bonds is 3. The number of nitrogens with zero attached hydrogens (tertiary/aromatic N) is 3. The van der Waals surface area contributed by atoms with Crippen LogP contribution in [0.4, 0.5) is 0 Å². The minimum absolute atomic E-state index is 0.587. The molecule has 4 heteroatoms. The fourth-order valence-electron chi connectivity index (χ4n) is 1.64. The summed E-state index contributed by atoms with van der Waals surface area (Å²) >= 11 is 0. The second-order valence-corrected chi connectivity index (χ2v) is 3.86. The standard InChI is InChI=1S/C12H16N4/c1-9-3-5-11(6-4-9)16-12(7-8-13)14-10(2)15-16/h3-6H,7-8,13H2,1-2H3. The highest BCUT2D eigenvalue weighted by molar-refractivity contribution is 5.34. The maximum atomic E-state index is 5.56. The minimum Gasteiger partial charge on any atom is -0.330 e. The first-order chi connectivity index (χ1) is 7.70.